The molecule has 7 nitrogen and oxygen atoms in total. The fraction of sp³-hybridized carbons (Fsp3) is 0.250. The molecule has 0 atom stereocenters. The van der Waals surface area contributed by atoms with Gasteiger partial charge in [0.15, 0.2) is 0 Å². The van der Waals surface area contributed by atoms with Gasteiger partial charge in [0, 0.05) is 37.3 Å². The number of carbonyl (C=O) groups excluding carboxylic acids is 2. The van der Waals surface area contributed by atoms with Crippen molar-refractivity contribution >= 4 is 44.0 Å². The number of hydrogen-bond acceptors (Lipinski definition) is 4. The Morgan fingerprint density at radius 1 is 0.844 bits per heavy atom. The highest BCUT2D eigenvalue weighted by molar-refractivity contribution is 7.89. The van der Waals surface area contributed by atoms with Crippen LogP contribution >= 0.6 is 0 Å². The van der Waals surface area contributed by atoms with Crippen molar-refractivity contribution in [1.82, 2.24) is 4.31 Å². The topological polar surface area (TPSA) is 95.6 Å². The Morgan fingerprint density at radius 2 is 1.50 bits per heavy atom. The van der Waals surface area contributed by atoms with Crippen LogP contribution in [0.4, 0.5) is 11.4 Å². The first-order valence-corrected chi connectivity index (χ1v) is 11.9. The lowest BCUT2D eigenvalue weighted by Crippen LogP contribution is -2.41. The van der Waals surface area contributed by atoms with Crippen molar-refractivity contribution in [1.29, 1.82) is 0 Å². The van der Waals surface area contributed by atoms with Gasteiger partial charge >= 0.3 is 0 Å². The highest BCUT2D eigenvalue weighted by Gasteiger charge is 2.32. The molecule has 3 aromatic rings. The fourth-order valence-electron chi connectivity index (χ4n) is 3.96. The predicted octanol–water partition coefficient (Wildman–Crippen LogP) is 3.84. The van der Waals surface area contributed by atoms with Crippen LogP contribution in [0.1, 0.15) is 19.8 Å². The second-order valence-electron chi connectivity index (χ2n) is 7.94. The van der Waals surface area contributed by atoms with Gasteiger partial charge < -0.3 is 10.6 Å². The molecule has 1 saturated heterocycles. The van der Waals surface area contributed by atoms with Gasteiger partial charge in [-0.15, -0.1) is 0 Å². The number of anilines is 2. The smallest absolute Gasteiger partial charge is 0.243 e. The average Bonchev–Trinajstić information content (AvgIpc) is 2.78. The number of fused-ring (bicyclic) bond motifs is 1. The molecule has 1 aliphatic rings. The van der Waals surface area contributed by atoms with E-state index in [-0.39, 0.29) is 22.6 Å². The van der Waals surface area contributed by atoms with Gasteiger partial charge in [0.1, 0.15) is 0 Å². The van der Waals surface area contributed by atoms with Gasteiger partial charge in [-0.2, -0.15) is 4.31 Å². The number of rotatable bonds is 5. The Balaban J connectivity index is 1.39. The van der Waals surface area contributed by atoms with E-state index in [1.165, 1.54) is 11.2 Å². The van der Waals surface area contributed by atoms with Crippen LogP contribution in [0.3, 0.4) is 0 Å². The van der Waals surface area contributed by atoms with Gasteiger partial charge in [0.25, 0.3) is 0 Å². The number of carbonyl (C=O) groups is 2. The quantitative estimate of drug-likeness (QED) is 0.616. The number of piperidine rings is 1. The minimum Gasteiger partial charge on any atom is -0.326 e. The molecule has 2 N–H and O–H groups in total. The number of nitrogens with zero attached hydrogens (tertiary/aromatic N) is 1. The van der Waals surface area contributed by atoms with E-state index in [9.17, 15) is 18.0 Å². The molecule has 1 aliphatic heterocycles. The molecule has 0 radical (unpaired) electrons. The van der Waals surface area contributed by atoms with Crippen molar-refractivity contribution < 1.29 is 18.0 Å². The zero-order valence-corrected chi connectivity index (χ0v) is 18.6. The van der Waals surface area contributed by atoms with Crippen LogP contribution in [-0.2, 0) is 19.6 Å². The molecule has 166 valence electrons. The maximum Gasteiger partial charge on any atom is 0.243 e. The summed E-state index contributed by atoms with van der Waals surface area (Å²) in [5.74, 6) is -0.608. The van der Waals surface area contributed by atoms with Crippen LogP contribution in [0.25, 0.3) is 10.8 Å². The minimum absolute atomic E-state index is 0.146. The van der Waals surface area contributed by atoms with Gasteiger partial charge in [-0.1, -0.05) is 36.4 Å². The lowest BCUT2D eigenvalue weighted by Gasteiger charge is -2.30. The molecular weight excluding hydrogens is 426 g/mol. The molecule has 0 spiro atoms. The SMILES string of the molecule is CC(=O)Nc1cccc(NC(=O)C2CCN(S(=O)(=O)c3ccc4ccccc4c3)CC2)c1. The van der Waals surface area contributed by atoms with Gasteiger partial charge in [-0.05, 0) is 53.9 Å². The molecule has 2 amide bonds. The number of nitrogens with one attached hydrogen (secondary N) is 2. The third kappa shape index (κ3) is 4.81. The summed E-state index contributed by atoms with van der Waals surface area (Å²) < 4.78 is 27.7. The Kier molecular flexibility index (Phi) is 6.25. The van der Waals surface area contributed by atoms with Crippen LogP contribution in [0.5, 0.6) is 0 Å². The first kappa shape index (κ1) is 22.0. The molecule has 0 unspecified atom stereocenters. The summed E-state index contributed by atoms with van der Waals surface area (Å²) in [5, 5.41) is 7.43. The molecule has 0 aliphatic carbocycles. The monoisotopic (exact) mass is 451 g/mol. The molecule has 0 saturated carbocycles. The van der Waals surface area contributed by atoms with Crippen molar-refractivity contribution in [2.45, 2.75) is 24.7 Å². The Labute approximate surface area is 187 Å². The highest BCUT2D eigenvalue weighted by Crippen LogP contribution is 2.27. The molecule has 8 heteroatoms. The van der Waals surface area contributed by atoms with Gasteiger partial charge in [0.05, 0.1) is 4.90 Å². The van der Waals surface area contributed by atoms with E-state index in [1.54, 1.807) is 36.4 Å². The van der Waals surface area contributed by atoms with Crippen LogP contribution in [0, 0.1) is 5.92 Å². The van der Waals surface area contributed by atoms with Crippen LogP contribution in [0.15, 0.2) is 71.6 Å². The second kappa shape index (κ2) is 9.10. The maximum absolute atomic E-state index is 13.1. The van der Waals surface area contributed by atoms with Gasteiger partial charge in [-0.25, -0.2) is 8.42 Å². The number of hydrogen-bond donors (Lipinski definition) is 2. The van der Waals surface area contributed by atoms with E-state index in [4.69, 9.17) is 0 Å². The normalized spacial score (nSPS) is 15.4. The summed E-state index contributed by atoms with van der Waals surface area (Å²) in [6.45, 7) is 2.00. The van der Waals surface area contributed by atoms with Crippen LogP contribution < -0.4 is 10.6 Å². The van der Waals surface area contributed by atoms with Crippen molar-refractivity contribution in [3.63, 3.8) is 0 Å². The molecule has 32 heavy (non-hydrogen) atoms. The average molecular weight is 452 g/mol. The van der Waals surface area contributed by atoms with Crippen molar-refractivity contribution in [2.24, 2.45) is 5.92 Å². The molecular formula is C24H25N3O4S. The van der Waals surface area contributed by atoms with E-state index in [0.29, 0.717) is 37.3 Å². The fourth-order valence-corrected chi connectivity index (χ4v) is 5.46. The zero-order chi connectivity index (χ0) is 22.7. The van der Waals surface area contributed by atoms with E-state index in [0.717, 1.165) is 10.8 Å². The predicted molar refractivity (Wildman–Crippen MR) is 125 cm³/mol. The largest absolute Gasteiger partial charge is 0.326 e. The van der Waals surface area contributed by atoms with Crippen LogP contribution in [0.2, 0.25) is 0 Å². The number of sulfonamides is 1. The molecule has 1 heterocycles. The van der Waals surface area contributed by atoms with Gasteiger partial charge in [-0.3, -0.25) is 9.59 Å². The summed E-state index contributed by atoms with van der Waals surface area (Å²) in [4.78, 5) is 24.2. The number of benzene rings is 3. The van der Waals surface area contributed by atoms with Crippen LogP contribution in [-0.4, -0.2) is 37.6 Å². The van der Waals surface area contributed by atoms with E-state index < -0.39 is 10.0 Å². The molecule has 0 bridgehead atoms. The third-order valence-electron chi connectivity index (χ3n) is 5.63. The summed E-state index contributed by atoms with van der Waals surface area (Å²) in [7, 11) is -3.62. The lowest BCUT2D eigenvalue weighted by atomic mass is 9.97. The highest BCUT2D eigenvalue weighted by atomic mass is 32.2. The summed E-state index contributed by atoms with van der Waals surface area (Å²) in [6.07, 6.45) is 0.897. The van der Waals surface area contributed by atoms with Crippen molar-refractivity contribution in [2.75, 3.05) is 23.7 Å². The molecule has 0 aromatic heterocycles. The Bertz CT molecular complexity index is 1260. The van der Waals surface area contributed by atoms with Crippen molar-refractivity contribution in [3.8, 4) is 0 Å². The molecule has 4 rings (SSSR count). The first-order valence-electron chi connectivity index (χ1n) is 10.5. The maximum atomic E-state index is 13.1. The summed E-state index contributed by atoms with van der Waals surface area (Å²) >= 11 is 0. The van der Waals surface area contributed by atoms with E-state index in [1.807, 2.05) is 30.3 Å². The Hall–Kier alpha value is -3.23. The zero-order valence-electron chi connectivity index (χ0n) is 17.7. The minimum atomic E-state index is -3.62. The first-order chi connectivity index (χ1) is 15.3. The lowest BCUT2D eigenvalue weighted by molar-refractivity contribution is -0.121. The Morgan fingerprint density at radius 3 is 2.19 bits per heavy atom. The second-order valence-corrected chi connectivity index (χ2v) is 9.88. The van der Waals surface area contributed by atoms with E-state index in [2.05, 4.69) is 10.6 Å². The summed E-state index contributed by atoms with van der Waals surface area (Å²) in [5.41, 5.74) is 1.19. The number of amides is 2. The third-order valence-corrected chi connectivity index (χ3v) is 7.53. The standard InChI is InChI=1S/C24H25N3O4S/c1-17(28)25-21-7-4-8-22(16-21)26-24(29)19-11-13-27(14-12-19)32(30,31)23-10-9-18-5-2-3-6-20(18)15-23/h2-10,15-16,19H,11-14H2,1H3,(H,25,28)(H,26,29). The van der Waals surface area contributed by atoms with E-state index >= 15 is 0 Å². The summed E-state index contributed by atoms with van der Waals surface area (Å²) in [6, 6.07) is 19.7. The molecule has 1 fully saturated rings. The molecule has 3 aromatic carbocycles. The van der Waals surface area contributed by atoms with Crippen molar-refractivity contribution in [3.05, 3.63) is 66.7 Å². The van der Waals surface area contributed by atoms with Gasteiger partial charge in [0.2, 0.25) is 21.8 Å².